The predicted molar refractivity (Wildman–Crippen MR) is 59.3 cm³/mol. The Bertz CT molecular complexity index is 171. The van der Waals surface area contributed by atoms with Crippen LogP contribution < -0.4 is 0 Å². The van der Waals surface area contributed by atoms with E-state index in [1.807, 2.05) is 0 Å². The van der Waals surface area contributed by atoms with Crippen molar-refractivity contribution in [1.29, 1.82) is 0 Å². The summed E-state index contributed by atoms with van der Waals surface area (Å²) in [5.74, 6) is 2.07. The highest BCUT2D eigenvalue weighted by Crippen LogP contribution is 2.41. The lowest BCUT2D eigenvalue weighted by molar-refractivity contribution is 0.236. The summed E-state index contributed by atoms with van der Waals surface area (Å²) in [7, 11) is 1.37. The Morgan fingerprint density at radius 2 is 1.85 bits per heavy atom. The molecule has 0 N–H and O–H groups in total. The number of hydrogen-bond acceptors (Lipinski definition) is 1. The second-order valence-corrected chi connectivity index (χ2v) is 5.88. The molecule has 13 heavy (non-hydrogen) atoms. The molecule has 0 aromatic carbocycles. The molecular formula is C11H22BN. The third kappa shape index (κ3) is 1.93. The molecule has 0 spiro atoms. The van der Waals surface area contributed by atoms with Crippen molar-refractivity contribution in [2.75, 3.05) is 6.54 Å². The maximum atomic E-state index is 2.69. The Morgan fingerprint density at radius 1 is 1.15 bits per heavy atom. The summed E-state index contributed by atoms with van der Waals surface area (Å²) in [5.41, 5.74) is 0.400. The molecule has 1 aliphatic heterocycles. The molecule has 1 saturated heterocycles. The minimum atomic E-state index is 0.400. The van der Waals surface area contributed by atoms with E-state index in [0.29, 0.717) is 5.54 Å². The van der Waals surface area contributed by atoms with Crippen LogP contribution in [0, 0.1) is 5.92 Å². The van der Waals surface area contributed by atoms with Gasteiger partial charge in [-0.2, -0.15) is 0 Å². The Hall–Kier alpha value is 0.0249. The highest BCUT2D eigenvalue weighted by molar-refractivity contribution is 6.35. The molecule has 1 nitrogen and oxygen atoms in total. The maximum Gasteiger partial charge on any atom is 0.208 e. The van der Waals surface area contributed by atoms with Gasteiger partial charge in [0, 0.05) is 5.54 Å². The summed E-state index contributed by atoms with van der Waals surface area (Å²) in [5, 5.41) is 0. The van der Waals surface area contributed by atoms with Crippen LogP contribution in [-0.2, 0) is 0 Å². The molecule has 0 bridgehead atoms. The molecule has 0 radical (unpaired) electrons. The van der Waals surface area contributed by atoms with E-state index in [1.165, 1.54) is 39.6 Å². The van der Waals surface area contributed by atoms with Crippen LogP contribution in [0.25, 0.3) is 0 Å². The molecule has 2 rings (SSSR count). The molecule has 1 heterocycles. The van der Waals surface area contributed by atoms with Crippen molar-refractivity contribution in [3.05, 3.63) is 0 Å². The van der Waals surface area contributed by atoms with E-state index in [1.54, 1.807) is 0 Å². The van der Waals surface area contributed by atoms with Gasteiger partial charge in [0.1, 0.15) is 0 Å². The van der Waals surface area contributed by atoms with Gasteiger partial charge in [-0.05, 0) is 45.5 Å². The maximum absolute atomic E-state index is 2.69. The SMILES string of the molecule is CC(C)(C)N1BC2CCCCC2C1. The molecular weight excluding hydrogens is 157 g/mol. The predicted octanol–water partition coefficient (Wildman–Crippen LogP) is 2.43. The molecule has 0 amide bonds. The Balaban J connectivity index is 1.99. The first-order chi connectivity index (χ1) is 6.07. The van der Waals surface area contributed by atoms with Crippen LogP contribution in [0.1, 0.15) is 46.5 Å². The number of nitrogens with zero attached hydrogens (tertiary/aromatic N) is 1. The van der Waals surface area contributed by atoms with E-state index in [0.717, 1.165) is 11.7 Å². The van der Waals surface area contributed by atoms with Gasteiger partial charge >= 0.3 is 0 Å². The molecule has 0 aromatic heterocycles. The first kappa shape index (κ1) is 9.58. The van der Waals surface area contributed by atoms with Gasteiger partial charge in [0.05, 0.1) is 0 Å². The van der Waals surface area contributed by atoms with Crippen LogP contribution in [0.3, 0.4) is 0 Å². The van der Waals surface area contributed by atoms with Crippen LogP contribution in [-0.4, -0.2) is 24.3 Å². The van der Waals surface area contributed by atoms with E-state index in [-0.39, 0.29) is 0 Å². The third-order valence-corrected chi connectivity index (χ3v) is 3.92. The zero-order chi connectivity index (χ0) is 9.47. The molecule has 2 aliphatic rings. The smallest absolute Gasteiger partial charge is 0.208 e. The molecule has 1 aliphatic carbocycles. The second-order valence-electron chi connectivity index (χ2n) is 5.88. The van der Waals surface area contributed by atoms with E-state index in [9.17, 15) is 0 Å². The lowest BCUT2D eigenvalue weighted by atomic mass is 9.65. The minimum absolute atomic E-state index is 0.400. The van der Waals surface area contributed by atoms with Crippen molar-refractivity contribution < 1.29 is 0 Å². The average molecular weight is 179 g/mol. The fraction of sp³-hybridized carbons (Fsp3) is 1.00. The van der Waals surface area contributed by atoms with Crippen LogP contribution in [0.15, 0.2) is 0 Å². The Labute approximate surface area is 83.1 Å². The van der Waals surface area contributed by atoms with Gasteiger partial charge in [-0.15, -0.1) is 0 Å². The Kier molecular flexibility index (Phi) is 2.44. The van der Waals surface area contributed by atoms with Crippen molar-refractivity contribution in [2.45, 2.75) is 57.8 Å². The summed E-state index contributed by atoms with van der Waals surface area (Å²) in [4.78, 5) is 2.69. The van der Waals surface area contributed by atoms with Gasteiger partial charge in [-0.25, -0.2) is 0 Å². The number of rotatable bonds is 0. The van der Waals surface area contributed by atoms with Crippen LogP contribution >= 0.6 is 0 Å². The highest BCUT2D eigenvalue weighted by atomic mass is 15.1. The van der Waals surface area contributed by atoms with E-state index >= 15 is 0 Å². The highest BCUT2D eigenvalue weighted by Gasteiger charge is 2.39. The van der Waals surface area contributed by atoms with Gasteiger partial charge in [0.2, 0.25) is 7.41 Å². The first-order valence-corrected chi connectivity index (χ1v) is 5.82. The number of fused-ring (bicyclic) bond motifs is 1. The third-order valence-electron chi connectivity index (χ3n) is 3.92. The summed E-state index contributed by atoms with van der Waals surface area (Å²) < 4.78 is 0. The van der Waals surface area contributed by atoms with Crippen molar-refractivity contribution >= 4 is 7.41 Å². The molecule has 2 unspecified atom stereocenters. The molecule has 2 heteroatoms. The van der Waals surface area contributed by atoms with Crippen LogP contribution in [0.2, 0.25) is 5.82 Å². The first-order valence-electron chi connectivity index (χ1n) is 5.82. The minimum Gasteiger partial charge on any atom is -0.340 e. The summed E-state index contributed by atoms with van der Waals surface area (Å²) in [6, 6.07) is 0. The summed E-state index contributed by atoms with van der Waals surface area (Å²) in [6.45, 7) is 8.42. The van der Waals surface area contributed by atoms with E-state index < -0.39 is 0 Å². The molecule has 2 atom stereocenters. The lowest BCUT2D eigenvalue weighted by Crippen LogP contribution is -2.41. The quantitative estimate of drug-likeness (QED) is 0.516. The van der Waals surface area contributed by atoms with Gasteiger partial charge < -0.3 is 4.81 Å². The molecule has 2 fully saturated rings. The monoisotopic (exact) mass is 179 g/mol. The Morgan fingerprint density at radius 3 is 2.46 bits per heavy atom. The topological polar surface area (TPSA) is 3.24 Å². The second kappa shape index (κ2) is 3.31. The van der Waals surface area contributed by atoms with Crippen molar-refractivity contribution in [3.8, 4) is 0 Å². The zero-order valence-corrected chi connectivity index (χ0v) is 9.34. The van der Waals surface area contributed by atoms with Gasteiger partial charge in [0.25, 0.3) is 0 Å². The fourth-order valence-corrected chi connectivity index (χ4v) is 2.95. The average Bonchev–Trinajstić information content (AvgIpc) is 2.45. The summed E-state index contributed by atoms with van der Waals surface area (Å²) in [6.07, 6.45) is 5.97. The van der Waals surface area contributed by atoms with Crippen molar-refractivity contribution in [1.82, 2.24) is 4.81 Å². The normalized spacial score (nSPS) is 35.6. The van der Waals surface area contributed by atoms with E-state index in [2.05, 4.69) is 25.6 Å². The van der Waals surface area contributed by atoms with Crippen LogP contribution in [0.4, 0.5) is 0 Å². The van der Waals surface area contributed by atoms with E-state index in [4.69, 9.17) is 0 Å². The molecule has 1 saturated carbocycles. The lowest BCUT2D eigenvalue weighted by Gasteiger charge is -2.32. The summed E-state index contributed by atoms with van der Waals surface area (Å²) >= 11 is 0. The number of hydrogen-bond donors (Lipinski definition) is 0. The van der Waals surface area contributed by atoms with Crippen molar-refractivity contribution in [3.63, 3.8) is 0 Å². The van der Waals surface area contributed by atoms with Gasteiger partial charge in [-0.3, -0.25) is 0 Å². The fourth-order valence-electron chi connectivity index (χ4n) is 2.95. The standard InChI is InChI=1S/C11H22BN/c1-11(2,3)13-8-9-6-4-5-7-10(9)12-13/h9-10,12H,4-8H2,1-3H3. The van der Waals surface area contributed by atoms with Gasteiger partial charge in [0.15, 0.2) is 0 Å². The van der Waals surface area contributed by atoms with Gasteiger partial charge in [-0.1, -0.05) is 19.3 Å². The largest absolute Gasteiger partial charge is 0.340 e. The zero-order valence-electron chi connectivity index (χ0n) is 9.34. The molecule has 74 valence electrons. The molecule has 0 aromatic rings. The van der Waals surface area contributed by atoms with Crippen molar-refractivity contribution in [2.24, 2.45) is 5.92 Å². The van der Waals surface area contributed by atoms with Crippen LogP contribution in [0.5, 0.6) is 0 Å².